The molecule has 0 aliphatic carbocycles. The van der Waals surface area contributed by atoms with Crippen LogP contribution in [0.2, 0.25) is 0 Å². The predicted molar refractivity (Wildman–Crippen MR) is 116 cm³/mol. The van der Waals surface area contributed by atoms with E-state index >= 15 is 0 Å². The molecular weight excluding hydrogens is 366 g/mol. The molecule has 0 saturated carbocycles. The number of hydrogen-bond donors (Lipinski definition) is 2. The Kier molecular flexibility index (Phi) is 7.02. The van der Waals surface area contributed by atoms with Gasteiger partial charge in [-0.15, -0.1) is 0 Å². The van der Waals surface area contributed by atoms with Crippen molar-refractivity contribution in [3.8, 4) is 5.75 Å². The topological polar surface area (TPSA) is 80.1 Å². The molecule has 1 aromatic carbocycles. The van der Waals surface area contributed by atoms with Crippen LogP contribution in [0.3, 0.4) is 0 Å². The summed E-state index contributed by atoms with van der Waals surface area (Å²) in [5.41, 5.74) is 1.82. The Morgan fingerprint density at radius 3 is 2.66 bits per heavy atom. The molecule has 3 rings (SSSR count). The number of aromatic nitrogens is 4. The summed E-state index contributed by atoms with van der Waals surface area (Å²) in [5, 5.41) is 10.8. The quantitative estimate of drug-likeness (QED) is 0.541. The molecule has 2 N–H and O–H groups in total. The van der Waals surface area contributed by atoms with Crippen LogP contribution in [-0.2, 0) is 7.05 Å². The van der Waals surface area contributed by atoms with Gasteiger partial charge in [0, 0.05) is 37.6 Å². The Balaban J connectivity index is 1.62. The number of rotatable bonds is 10. The van der Waals surface area contributed by atoms with E-state index in [4.69, 9.17) is 4.74 Å². The highest BCUT2D eigenvalue weighted by molar-refractivity contribution is 5.59. The van der Waals surface area contributed by atoms with E-state index in [9.17, 15) is 0 Å². The Bertz CT molecular complexity index is 921. The number of benzene rings is 1. The largest absolute Gasteiger partial charge is 0.492 e. The Morgan fingerprint density at radius 2 is 1.93 bits per heavy atom. The number of nitrogens with zero attached hydrogens (tertiary/aromatic N) is 5. The van der Waals surface area contributed by atoms with Crippen LogP contribution < -0.4 is 15.4 Å². The second kappa shape index (κ2) is 9.88. The third-order valence-corrected chi connectivity index (χ3v) is 4.57. The summed E-state index contributed by atoms with van der Waals surface area (Å²) in [5.74, 6) is 2.89. The summed E-state index contributed by atoms with van der Waals surface area (Å²) in [6, 6.07) is 11.6. The summed E-state index contributed by atoms with van der Waals surface area (Å²) < 4.78 is 7.67. The second-order valence-electron chi connectivity index (χ2n) is 6.71. The zero-order valence-electron chi connectivity index (χ0n) is 17.5. The lowest BCUT2D eigenvalue weighted by molar-refractivity contribution is 0.223. The van der Waals surface area contributed by atoms with Crippen molar-refractivity contribution in [1.29, 1.82) is 0 Å². The zero-order chi connectivity index (χ0) is 20.6. The fourth-order valence-electron chi connectivity index (χ4n) is 2.97. The Morgan fingerprint density at radius 1 is 1.10 bits per heavy atom. The van der Waals surface area contributed by atoms with Gasteiger partial charge in [-0.2, -0.15) is 10.1 Å². The molecule has 0 amide bonds. The Labute approximate surface area is 171 Å². The third-order valence-electron chi connectivity index (χ3n) is 4.57. The normalized spacial score (nSPS) is 10.9. The molecule has 2 heterocycles. The molecule has 0 spiro atoms. The first kappa shape index (κ1) is 20.6. The summed E-state index contributed by atoms with van der Waals surface area (Å²) in [4.78, 5) is 11.2. The van der Waals surface area contributed by atoms with Gasteiger partial charge in [-0.3, -0.25) is 4.68 Å². The number of likely N-dealkylation sites (N-methyl/N-ethyl adjacent to an activating group) is 1. The molecule has 0 aliphatic heterocycles. The molecule has 0 saturated heterocycles. The lowest BCUT2D eigenvalue weighted by atomic mass is 10.3. The summed E-state index contributed by atoms with van der Waals surface area (Å²) in [6.45, 7) is 9.90. The predicted octanol–water partition coefficient (Wildman–Crippen LogP) is 3.73. The third kappa shape index (κ3) is 5.92. The van der Waals surface area contributed by atoms with Crippen LogP contribution in [0.5, 0.6) is 5.75 Å². The highest BCUT2D eigenvalue weighted by Gasteiger charge is 2.06. The van der Waals surface area contributed by atoms with Crippen LogP contribution in [0.4, 0.5) is 23.3 Å². The molecule has 8 heteroatoms. The molecule has 0 radical (unpaired) electrons. The van der Waals surface area contributed by atoms with Gasteiger partial charge in [0.25, 0.3) is 0 Å². The first-order valence-corrected chi connectivity index (χ1v) is 9.90. The van der Waals surface area contributed by atoms with Gasteiger partial charge in [-0.25, -0.2) is 4.98 Å². The van der Waals surface area contributed by atoms with Crippen LogP contribution in [0.1, 0.15) is 19.5 Å². The fourth-order valence-corrected chi connectivity index (χ4v) is 2.97. The number of ether oxygens (including phenoxy) is 1. The summed E-state index contributed by atoms with van der Waals surface area (Å²) >= 11 is 0. The molecule has 0 fully saturated rings. The maximum absolute atomic E-state index is 5.89. The molecule has 8 nitrogen and oxygen atoms in total. The van der Waals surface area contributed by atoms with E-state index in [2.05, 4.69) is 44.4 Å². The van der Waals surface area contributed by atoms with Gasteiger partial charge < -0.3 is 20.3 Å². The molecule has 0 unspecified atom stereocenters. The standard InChI is InChI=1S/C21H29N7O/c1-5-28(6-2)12-13-29-18-9-7-8-17(15-18)23-21-22-11-10-19(25-21)24-20-14-16(3)26-27(20)4/h7-11,14-15H,5-6,12-13H2,1-4H3,(H2,22,23,24,25). The lowest BCUT2D eigenvalue weighted by Crippen LogP contribution is -2.27. The number of aryl methyl sites for hydroxylation is 2. The Hall–Kier alpha value is -3.13. The molecular formula is C21H29N7O. The van der Waals surface area contributed by atoms with Crippen molar-refractivity contribution in [2.24, 2.45) is 7.05 Å². The first-order chi connectivity index (χ1) is 14.1. The minimum atomic E-state index is 0.509. The average Bonchev–Trinajstić information content (AvgIpc) is 3.02. The maximum Gasteiger partial charge on any atom is 0.229 e. The molecule has 3 aromatic rings. The van der Waals surface area contributed by atoms with Crippen molar-refractivity contribution in [1.82, 2.24) is 24.6 Å². The molecule has 0 atom stereocenters. The van der Waals surface area contributed by atoms with Gasteiger partial charge in [0.2, 0.25) is 5.95 Å². The van der Waals surface area contributed by atoms with Crippen LogP contribution >= 0.6 is 0 Å². The van der Waals surface area contributed by atoms with Crippen molar-refractivity contribution in [2.45, 2.75) is 20.8 Å². The van der Waals surface area contributed by atoms with Crippen LogP contribution in [-0.4, -0.2) is 50.9 Å². The highest BCUT2D eigenvalue weighted by Crippen LogP contribution is 2.21. The molecule has 2 aromatic heterocycles. The van der Waals surface area contributed by atoms with E-state index in [1.54, 1.807) is 10.9 Å². The van der Waals surface area contributed by atoms with Gasteiger partial charge in [0.15, 0.2) is 0 Å². The van der Waals surface area contributed by atoms with Crippen LogP contribution in [0.25, 0.3) is 0 Å². The minimum Gasteiger partial charge on any atom is -0.492 e. The molecule has 29 heavy (non-hydrogen) atoms. The molecule has 0 aliphatic rings. The number of hydrogen-bond acceptors (Lipinski definition) is 7. The second-order valence-corrected chi connectivity index (χ2v) is 6.71. The van der Waals surface area contributed by atoms with E-state index in [-0.39, 0.29) is 0 Å². The van der Waals surface area contributed by atoms with Gasteiger partial charge in [0.05, 0.1) is 5.69 Å². The number of anilines is 4. The number of nitrogens with one attached hydrogen (secondary N) is 2. The average molecular weight is 396 g/mol. The van der Waals surface area contributed by atoms with E-state index in [0.717, 1.165) is 42.6 Å². The van der Waals surface area contributed by atoms with Gasteiger partial charge in [0.1, 0.15) is 24.0 Å². The maximum atomic E-state index is 5.89. The molecule has 154 valence electrons. The summed E-state index contributed by atoms with van der Waals surface area (Å²) in [6.07, 6.45) is 1.71. The smallest absolute Gasteiger partial charge is 0.229 e. The zero-order valence-corrected chi connectivity index (χ0v) is 17.5. The first-order valence-electron chi connectivity index (χ1n) is 9.90. The van der Waals surface area contributed by atoms with Crippen molar-refractivity contribution in [3.05, 3.63) is 48.3 Å². The van der Waals surface area contributed by atoms with E-state index in [0.29, 0.717) is 18.4 Å². The van der Waals surface area contributed by atoms with E-state index in [1.807, 2.05) is 50.4 Å². The fraction of sp³-hybridized carbons (Fsp3) is 0.381. The highest BCUT2D eigenvalue weighted by atomic mass is 16.5. The van der Waals surface area contributed by atoms with Crippen LogP contribution in [0.15, 0.2) is 42.6 Å². The monoisotopic (exact) mass is 395 g/mol. The van der Waals surface area contributed by atoms with Gasteiger partial charge >= 0.3 is 0 Å². The summed E-state index contributed by atoms with van der Waals surface area (Å²) in [7, 11) is 1.89. The van der Waals surface area contributed by atoms with Crippen molar-refractivity contribution in [2.75, 3.05) is 36.9 Å². The lowest BCUT2D eigenvalue weighted by Gasteiger charge is -2.18. The van der Waals surface area contributed by atoms with Crippen molar-refractivity contribution >= 4 is 23.3 Å². The molecule has 0 bridgehead atoms. The van der Waals surface area contributed by atoms with E-state index in [1.165, 1.54) is 0 Å². The van der Waals surface area contributed by atoms with Crippen molar-refractivity contribution in [3.63, 3.8) is 0 Å². The van der Waals surface area contributed by atoms with E-state index < -0.39 is 0 Å². The van der Waals surface area contributed by atoms with Crippen LogP contribution in [0, 0.1) is 6.92 Å². The minimum absolute atomic E-state index is 0.509. The SMILES string of the molecule is CCN(CC)CCOc1cccc(Nc2nccc(Nc3cc(C)nn3C)n2)c1. The van der Waals surface area contributed by atoms with Crippen molar-refractivity contribution < 1.29 is 4.74 Å². The van der Waals surface area contributed by atoms with Gasteiger partial charge in [-0.1, -0.05) is 19.9 Å². The van der Waals surface area contributed by atoms with Gasteiger partial charge in [-0.05, 0) is 38.2 Å².